The number of hydrogen-bond acceptors (Lipinski definition) is 1. The summed E-state index contributed by atoms with van der Waals surface area (Å²) in [5, 5.41) is 1.19. The van der Waals surface area contributed by atoms with E-state index in [1.54, 1.807) is 0 Å². The topological polar surface area (TPSA) is 12.9 Å². The average molecular weight is 576 g/mol. The van der Waals surface area contributed by atoms with E-state index in [9.17, 15) is 0 Å². The van der Waals surface area contributed by atoms with Crippen molar-refractivity contribution in [2.24, 2.45) is 11.3 Å². The fourth-order valence-corrected chi connectivity index (χ4v) is 7.61. The van der Waals surface area contributed by atoms with Crippen molar-refractivity contribution in [1.82, 2.24) is 4.98 Å². The highest BCUT2D eigenvalue weighted by molar-refractivity contribution is 5.93. The highest BCUT2D eigenvalue weighted by Crippen LogP contribution is 2.56. The van der Waals surface area contributed by atoms with Crippen LogP contribution in [0.25, 0.3) is 27.6 Å². The minimum Gasteiger partial charge on any atom is -0.256 e. The van der Waals surface area contributed by atoms with Crippen LogP contribution in [0.2, 0.25) is 0 Å². The zero-order valence-corrected chi connectivity index (χ0v) is 26.4. The fourth-order valence-electron chi connectivity index (χ4n) is 7.61. The van der Waals surface area contributed by atoms with Crippen molar-refractivity contribution in [1.29, 1.82) is 0 Å². The fraction of sp³-hybridized carbons (Fsp3) is 0.279. The second kappa shape index (κ2) is 13.2. The summed E-state index contributed by atoms with van der Waals surface area (Å²) >= 11 is 0. The molecule has 0 spiro atoms. The minimum atomic E-state index is 0.0568. The molecule has 44 heavy (non-hydrogen) atoms. The lowest BCUT2D eigenvalue weighted by Gasteiger charge is -2.51. The van der Waals surface area contributed by atoms with Crippen LogP contribution in [0.5, 0.6) is 0 Å². The van der Waals surface area contributed by atoms with Gasteiger partial charge in [0.05, 0.1) is 5.52 Å². The smallest absolute Gasteiger partial charge is 0.0780 e. The molecule has 222 valence electrons. The van der Waals surface area contributed by atoms with Crippen molar-refractivity contribution in [2.45, 2.75) is 64.2 Å². The zero-order chi connectivity index (χ0) is 30.4. The molecule has 0 amide bonds. The van der Waals surface area contributed by atoms with Gasteiger partial charge in [-0.15, -0.1) is 0 Å². The molecule has 3 aromatic carbocycles. The molecular formula is C43H45N. The molecule has 1 saturated carbocycles. The molecule has 1 aromatic heterocycles. The molecule has 0 radical (unpaired) electrons. The predicted octanol–water partition coefficient (Wildman–Crippen LogP) is 11.8. The molecule has 0 saturated heterocycles. The Bertz CT molecular complexity index is 1700. The van der Waals surface area contributed by atoms with Crippen molar-refractivity contribution in [3.05, 3.63) is 157 Å². The van der Waals surface area contributed by atoms with Crippen LogP contribution in [0.1, 0.15) is 69.9 Å². The van der Waals surface area contributed by atoms with Crippen molar-refractivity contribution in [3.8, 4) is 11.1 Å². The highest BCUT2D eigenvalue weighted by Gasteiger charge is 2.48. The van der Waals surface area contributed by atoms with Crippen LogP contribution < -0.4 is 0 Å². The van der Waals surface area contributed by atoms with Crippen LogP contribution in [0.15, 0.2) is 146 Å². The van der Waals surface area contributed by atoms with Crippen LogP contribution >= 0.6 is 0 Å². The molecule has 6 rings (SSSR count). The van der Waals surface area contributed by atoms with Gasteiger partial charge < -0.3 is 0 Å². The largest absolute Gasteiger partial charge is 0.256 e. The third kappa shape index (κ3) is 5.93. The van der Waals surface area contributed by atoms with Gasteiger partial charge in [-0.05, 0) is 70.9 Å². The second-order valence-corrected chi connectivity index (χ2v) is 13.0. The highest BCUT2D eigenvalue weighted by atomic mass is 14.6. The SMILES string of the molecule is C=C/C=C\C(C)C/C=C(\C1=CCC(C)(C2(c3ccc(-c4cccc5cccnc45)cc3)CCCCC2)C=C1)c1ccccc1. The number of rotatable bonds is 9. The van der Waals surface area contributed by atoms with Gasteiger partial charge in [-0.1, -0.05) is 161 Å². The molecule has 2 aliphatic carbocycles. The lowest BCUT2D eigenvalue weighted by molar-refractivity contribution is 0.136. The Morgan fingerprint density at radius 3 is 2.41 bits per heavy atom. The molecule has 2 unspecified atom stereocenters. The van der Waals surface area contributed by atoms with E-state index in [4.69, 9.17) is 4.98 Å². The monoisotopic (exact) mass is 575 g/mol. The van der Waals surface area contributed by atoms with Crippen molar-refractivity contribution in [2.75, 3.05) is 0 Å². The van der Waals surface area contributed by atoms with E-state index < -0.39 is 0 Å². The van der Waals surface area contributed by atoms with Gasteiger partial charge in [-0.3, -0.25) is 4.98 Å². The molecule has 0 aliphatic heterocycles. The maximum atomic E-state index is 4.72. The molecule has 4 aromatic rings. The van der Waals surface area contributed by atoms with E-state index in [2.05, 4.69) is 136 Å². The summed E-state index contributed by atoms with van der Waals surface area (Å²) in [6.07, 6.45) is 26.4. The molecular weight excluding hydrogens is 530 g/mol. The molecule has 0 bridgehead atoms. The number of nitrogens with zero attached hydrogens (tertiary/aromatic N) is 1. The van der Waals surface area contributed by atoms with E-state index in [0.29, 0.717) is 5.92 Å². The molecule has 2 atom stereocenters. The van der Waals surface area contributed by atoms with E-state index >= 15 is 0 Å². The molecule has 1 nitrogen and oxygen atoms in total. The Hall–Kier alpha value is -4.23. The van der Waals surface area contributed by atoms with E-state index in [1.807, 2.05) is 18.3 Å². The van der Waals surface area contributed by atoms with Crippen LogP contribution in [-0.4, -0.2) is 4.98 Å². The Morgan fingerprint density at radius 1 is 0.909 bits per heavy atom. The van der Waals surface area contributed by atoms with Crippen LogP contribution in [0, 0.1) is 11.3 Å². The van der Waals surface area contributed by atoms with Gasteiger partial charge in [0.25, 0.3) is 0 Å². The molecule has 1 heteroatoms. The Morgan fingerprint density at radius 2 is 1.68 bits per heavy atom. The average Bonchev–Trinajstić information content (AvgIpc) is 3.09. The normalized spacial score (nSPS) is 20.9. The van der Waals surface area contributed by atoms with Crippen LogP contribution in [0.3, 0.4) is 0 Å². The molecule has 2 aliphatic rings. The second-order valence-electron chi connectivity index (χ2n) is 13.0. The number of allylic oxidation sites excluding steroid dienone is 9. The first-order valence-electron chi connectivity index (χ1n) is 16.4. The van der Waals surface area contributed by atoms with E-state index in [0.717, 1.165) is 18.4 Å². The first-order chi connectivity index (χ1) is 21.5. The minimum absolute atomic E-state index is 0.0568. The summed E-state index contributed by atoms with van der Waals surface area (Å²) in [7, 11) is 0. The van der Waals surface area contributed by atoms with Crippen LogP contribution in [-0.2, 0) is 5.41 Å². The van der Waals surface area contributed by atoms with Gasteiger partial charge in [-0.2, -0.15) is 0 Å². The van der Waals surface area contributed by atoms with E-state index in [-0.39, 0.29) is 10.8 Å². The Balaban J connectivity index is 1.31. The van der Waals surface area contributed by atoms with Gasteiger partial charge in [0.1, 0.15) is 0 Å². The van der Waals surface area contributed by atoms with Gasteiger partial charge >= 0.3 is 0 Å². The molecule has 1 heterocycles. The summed E-state index contributed by atoms with van der Waals surface area (Å²) < 4.78 is 0. The number of para-hydroxylation sites is 1. The number of fused-ring (bicyclic) bond motifs is 1. The number of aromatic nitrogens is 1. The molecule has 1 fully saturated rings. The third-order valence-corrected chi connectivity index (χ3v) is 10.2. The lowest BCUT2D eigenvalue weighted by atomic mass is 9.52. The van der Waals surface area contributed by atoms with Gasteiger partial charge in [0.15, 0.2) is 0 Å². The van der Waals surface area contributed by atoms with Crippen molar-refractivity contribution < 1.29 is 0 Å². The zero-order valence-electron chi connectivity index (χ0n) is 26.4. The third-order valence-electron chi connectivity index (χ3n) is 10.2. The van der Waals surface area contributed by atoms with Crippen LogP contribution in [0.4, 0.5) is 0 Å². The summed E-state index contributed by atoms with van der Waals surface area (Å²) in [6.45, 7) is 8.62. The standard InChI is InChI=1S/C43H45N/c1-4-5-14-33(2)20-25-39(34-15-8-6-9-16-34)36-26-30-42(3,31-27-36)43(28-10-7-11-29-43)38-23-21-35(22-24-38)40-19-12-17-37-18-13-32-44-41(37)40/h4-6,8-9,12-19,21-27,30,32-33H,1,7,10-11,20,28-29,31H2,2-3H3/b14-5-,39-25-. The summed E-state index contributed by atoms with van der Waals surface area (Å²) in [5.41, 5.74) is 9.16. The number of benzene rings is 3. The summed E-state index contributed by atoms with van der Waals surface area (Å²) in [6, 6.07) is 31.1. The Kier molecular flexibility index (Phi) is 8.94. The lowest BCUT2D eigenvalue weighted by Crippen LogP contribution is -2.44. The number of pyridine rings is 1. The first kappa shape index (κ1) is 29.8. The van der Waals surface area contributed by atoms with Crippen molar-refractivity contribution >= 4 is 16.5 Å². The molecule has 0 N–H and O–H groups in total. The van der Waals surface area contributed by atoms with Crippen molar-refractivity contribution in [3.63, 3.8) is 0 Å². The maximum absolute atomic E-state index is 4.72. The first-order valence-corrected chi connectivity index (χ1v) is 16.4. The summed E-state index contributed by atoms with van der Waals surface area (Å²) in [5.74, 6) is 0.461. The Labute approximate surface area is 264 Å². The predicted molar refractivity (Wildman–Crippen MR) is 189 cm³/mol. The quantitative estimate of drug-likeness (QED) is 0.181. The maximum Gasteiger partial charge on any atom is 0.0780 e. The summed E-state index contributed by atoms with van der Waals surface area (Å²) in [4.78, 5) is 4.72. The van der Waals surface area contributed by atoms with E-state index in [1.165, 1.54) is 70.9 Å². The van der Waals surface area contributed by atoms with Gasteiger partial charge in [0.2, 0.25) is 0 Å². The van der Waals surface area contributed by atoms with Gasteiger partial charge in [0, 0.05) is 22.6 Å². The van der Waals surface area contributed by atoms with Gasteiger partial charge in [-0.25, -0.2) is 0 Å². The number of hydrogen-bond donors (Lipinski definition) is 0.